The van der Waals surface area contributed by atoms with Gasteiger partial charge in [0.15, 0.2) is 0 Å². The first-order valence-corrected chi connectivity index (χ1v) is 8.75. The van der Waals surface area contributed by atoms with Gasteiger partial charge in [-0.25, -0.2) is 8.42 Å². The van der Waals surface area contributed by atoms with Crippen LogP contribution in [0, 0.1) is 0 Å². The molecule has 1 rings (SSSR count). The van der Waals surface area contributed by atoms with Gasteiger partial charge in [-0.1, -0.05) is 43.7 Å². The maximum Gasteiger partial charge on any atom is 0.212 e. The summed E-state index contributed by atoms with van der Waals surface area (Å²) in [5, 5.41) is 1.09. The molecule has 0 aliphatic heterocycles. The van der Waals surface area contributed by atoms with Crippen LogP contribution in [0.15, 0.2) is 30.3 Å². The van der Waals surface area contributed by atoms with Gasteiger partial charge in [0, 0.05) is 8.07 Å². The molecule has 0 aromatic heterocycles. The van der Waals surface area contributed by atoms with Crippen molar-refractivity contribution in [2.45, 2.75) is 19.8 Å². The minimum atomic E-state index is -3.12. The van der Waals surface area contributed by atoms with E-state index in [1.165, 1.54) is 6.26 Å². The van der Waals surface area contributed by atoms with Crippen molar-refractivity contribution in [3.05, 3.63) is 30.3 Å². The third-order valence-corrected chi connectivity index (χ3v) is 5.97. The van der Waals surface area contributed by atoms with E-state index < -0.39 is 18.1 Å². The Morgan fingerprint density at radius 1 is 1.25 bits per heavy atom. The Hall–Kier alpha value is -0.440. The summed E-state index contributed by atoms with van der Waals surface area (Å²) < 4.78 is 25.3. The van der Waals surface area contributed by atoms with Crippen molar-refractivity contribution in [1.29, 1.82) is 0 Å². The van der Waals surface area contributed by atoms with E-state index in [0.29, 0.717) is 0 Å². The van der Waals surface area contributed by atoms with Crippen molar-refractivity contribution in [1.82, 2.24) is 4.49 Å². The Balaban J connectivity index is 2.79. The zero-order chi connectivity index (χ0) is 12.0. The molecule has 0 saturated carbocycles. The summed E-state index contributed by atoms with van der Waals surface area (Å²) in [6.07, 6.45) is 4.25. The van der Waals surface area contributed by atoms with Gasteiger partial charge in [-0.05, 0) is 17.9 Å². The van der Waals surface area contributed by atoms with Crippen LogP contribution in [0.25, 0.3) is 0 Å². The van der Waals surface area contributed by atoms with E-state index in [1.807, 2.05) is 30.3 Å². The molecule has 90 valence electrons. The molecule has 0 aliphatic carbocycles. The fraction of sp³-hybridized carbons (Fsp3) is 0.455. The van der Waals surface area contributed by atoms with Gasteiger partial charge in [-0.3, -0.25) is 0 Å². The molecule has 1 aromatic carbocycles. The van der Waals surface area contributed by atoms with Crippen LogP contribution in [0.5, 0.6) is 0 Å². The van der Waals surface area contributed by atoms with Crippen molar-refractivity contribution in [2.24, 2.45) is 0 Å². The SMILES string of the molecule is CCCCP(NS(C)(=O)=O)c1ccccc1. The molecule has 0 spiro atoms. The Kier molecular flexibility index (Phi) is 5.39. The molecule has 1 unspecified atom stereocenters. The zero-order valence-corrected chi connectivity index (χ0v) is 11.4. The van der Waals surface area contributed by atoms with Crippen LogP contribution < -0.4 is 9.80 Å². The lowest BCUT2D eigenvalue weighted by molar-refractivity contribution is 0.600. The van der Waals surface area contributed by atoms with Gasteiger partial charge in [-0.15, -0.1) is 0 Å². The Labute approximate surface area is 99.1 Å². The summed E-state index contributed by atoms with van der Waals surface area (Å²) in [5.74, 6) is 0. The van der Waals surface area contributed by atoms with Crippen molar-refractivity contribution in [2.75, 3.05) is 12.4 Å². The number of unbranched alkanes of at least 4 members (excludes halogenated alkanes) is 1. The van der Waals surface area contributed by atoms with Crippen LogP contribution >= 0.6 is 8.07 Å². The van der Waals surface area contributed by atoms with E-state index in [1.54, 1.807) is 0 Å². The van der Waals surface area contributed by atoms with Gasteiger partial charge >= 0.3 is 0 Å². The molecule has 1 aromatic rings. The first-order chi connectivity index (χ1) is 7.53. The monoisotopic (exact) mass is 259 g/mol. The highest BCUT2D eigenvalue weighted by molar-refractivity contribution is 7.95. The highest BCUT2D eigenvalue weighted by atomic mass is 32.2. The lowest BCUT2D eigenvalue weighted by atomic mass is 10.4. The zero-order valence-electron chi connectivity index (χ0n) is 9.68. The predicted octanol–water partition coefficient (Wildman–Crippen LogP) is 2.06. The van der Waals surface area contributed by atoms with E-state index >= 15 is 0 Å². The Bertz CT molecular complexity index is 405. The van der Waals surface area contributed by atoms with Crippen LogP contribution in [-0.4, -0.2) is 20.8 Å². The third-order valence-electron chi connectivity index (χ3n) is 2.08. The van der Waals surface area contributed by atoms with Gasteiger partial charge in [0.1, 0.15) is 0 Å². The van der Waals surface area contributed by atoms with Crippen molar-refractivity contribution in [3.8, 4) is 0 Å². The maximum absolute atomic E-state index is 11.3. The molecule has 0 heterocycles. The third kappa shape index (κ3) is 5.06. The summed E-state index contributed by atoms with van der Waals surface area (Å²) in [5.41, 5.74) is 0. The number of hydrogen-bond donors (Lipinski definition) is 1. The molecule has 3 nitrogen and oxygen atoms in total. The number of rotatable bonds is 6. The molecular formula is C11H18NO2PS. The minimum Gasteiger partial charge on any atom is -0.212 e. The highest BCUT2D eigenvalue weighted by Gasteiger charge is 2.14. The van der Waals surface area contributed by atoms with Gasteiger partial charge in [0.25, 0.3) is 0 Å². The average Bonchev–Trinajstić information content (AvgIpc) is 2.24. The molecule has 1 atom stereocenters. The fourth-order valence-corrected chi connectivity index (χ4v) is 5.16. The largest absolute Gasteiger partial charge is 0.212 e. The van der Waals surface area contributed by atoms with Crippen molar-refractivity contribution in [3.63, 3.8) is 0 Å². The summed E-state index contributed by atoms with van der Waals surface area (Å²) in [6.45, 7) is 2.11. The van der Waals surface area contributed by atoms with Gasteiger partial charge in [-0.2, -0.15) is 4.49 Å². The molecule has 0 aliphatic rings. The first kappa shape index (κ1) is 13.6. The van der Waals surface area contributed by atoms with E-state index in [9.17, 15) is 8.42 Å². The lowest BCUT2D eigenvalue weighted by Crippen LogP contribution is -2.23. The second-order valence-corrected chi connectivity index (χ2v) is 7.80. The normalized spacial score (nSPS) is 13.6. The standard InChI is InChI=1S/C11H18NO2PS/c1-3-4-10-15(12-16(2,13)14)11-8-6-5-7-9-11/h5-9,12H,3-4,10H2,1-2H3. The smallest absolute Gasteiger partial charge is 0.212 e. The molecule has 0 amide bonds. The molecule has 5 heteroatoms. The lowest BCUT2D eigenvalue weighted by Gasteiger charge is -2.17. The topological polar surface area (TPSA) is 46.2 Å². The van der Waals surface area contributed by atoms with E-state index in [0.717, 1.165) is 24.3 Å². The van der Waals surface area contributed by atoms with Crippen LogP contribution in [0.3, 0.4) is 0 Å². The van der Waals surface area contributed by atoms with Crippen LogP contribution in [-0.2, 0) is 10.0 Å². The Morgan fingerprint density at radius 3 is 2.38 bits per heavy atom. The van der Waals surface area contributed by atoms with Crippen LogP contribution in [0.1, 0.15) is 19.8 Å². The molecule has 1 N–H and O–H groups in total. The molecule has 16 heavy (non-hydrogen) atoms. The number of nitrogens with one attached hydrogen (secondary N) is 1. The predicted molar refractivity (Wildman–Crippen MR) is 70.8 cm³/mol. The molecule has 0 saturated heterocycles. The van der Waals surface area contributed by atoms with Crippen LogP contribution in [0.2, 0.25) is 0 Å². The molecule has 0 bridgehead atoms. The Morgan fingerprint density at radius 2 is 1.88 bits per heavy atom. The first-order valence-electron chi connectivity index (χ1n) is 5.33. The van der Waals surface area contributed by atoms with Gasteiger partial charge in [0.05, 0.1) is 6.26 Å². The number of benzene rings is 1. The average molecular weight is 259 g/mol. The van der Waals surface area contributed by atoms with Crippen molar-refractivity contribution >= 4 is 23.4 Å². The van der Waals surface area contributed by atoms with Gasteiger partial charge < -0.3 is 0 Å². The maximum atomic E-state index is 11.3. The molecular weight excluding hydrogens is 241 g/mol. The van der Waals surface area contributed by atoms with Crippen molar-refractivity contribution < 1.29 is 8.42 Å². The highest BCUT2D eigenvalue weighted by Crippen LogP contribution is 2.31. The molecule has 0 radical (unpaired) electrons. The minimum absolute atomic E-state index is 0.788. The molecule has 0 fully saturated rings. The summed E-state index contributed by atoms with van der Waals surface area (Å²) in [6, 6.07) is 9.80. The summed E-state index contributed by atoms with van der Waals surface area (Å²) >= 11 is 0. The van der Waals surface area contributed by atoms with E-state index in [4.69, 9.17) is 0 Å². The second-order valence-electron chi connectivity index (χ2n) is 3.70. The number of hydrogen-bond acceptors (Lipinski definition) is 2. The number of sulfonamides is 1. The fourth-order valence-electron chi connectivity index (χ4n) is 1.35. The summed E-state index contributed by atoms with van der Waals surface area (Å²) in [4.78, 5) is 0. The van der Waals surface area contributed by atoms with Crippen LogP contribution in [0.4, 0.5) is 0 Å². The quantitative estimate of drug-likeness (QED) is 0.795. The second kappa shape index (κ2) is 6.33. The van der Waals surface area contributed by atoms with E-state index in [2.05, 4.69) is 11.4 Å². The summed E-state index contributed by atoms with van der Waals surface area (Å²) in [7, 11) is -3.91. The van der Waals surface area contributed by atoms with E-state index in [-0.39, 0.29) is 0 Å². The van der Waals surface area contributed by atoms with Gasteiger partial charge in [0.2, 0.25) is 10.0 Å².